The largest absolute Gasteiger partial charge is 0.387 e. The lowest BCUT2D eigenvalue weighted by Crippen LogP contribution is -2.51. The standard InChI is InChI=1S/C18H24ClN3O4S/c1-2-3-10-27(24,25)22-9-5-8-18(13-22)12-16(21-26-18)17(23)20-15-7-4-6-14(19)11-15/h4,6-7,11H,2-3,5,8-10,12-13H2,1H3,(H,20,23)/t18-/m1/s1. The number of amides is 1. The highest BCUT2D eigenvalue weighted by Crippen LogP contribution is 2.35. The molecule has 1 aromatic carbocycles. The molecule has 1 fully saturated rings. The summed E-state index contributed by atoms with van der Waals surface area (Å²) in [6, 6.07) is 6.84. The molecule has 148 valence electrons. The van der Waals surface area contributed by atoms with Crippen molar-refractivity contribution < 1.29 is 18.0 Å². The van der Waals surface area contributed by atoms with Crippen LogP contribution in [0.15, 0.2) is 29.4 Å². The summed E-state index contributed by atoms with van der Waals surface area (Å²) in [5.74, 6) is -0.220. The molecular formula is C18H24ClN3O4S. The van der Waals surface area contributed by atoms with Crippen LogP contribution < -0.4 is 5.32 Å². The van der Waals surface area contributed by atoms with Gasteiger partial charge >= 0.3 is 0 Å². The van der Waals surface area contributed by atoms with Crippen molar-refractivity contribution in [1.82, 2.24) is 4.31 Å². The van der Waals surface area contributed by atoms with E-state index in [1.807, 2.05) is 6.92 Å². The minimum atomic E-state index is -3.31. The fourth-order valence-electron chi connectivity index (χ4n) is 3.38. The Morgan fingerprint density at radius 2 is 2.26 bits per heavy atom. The van der Waals surface area contributed by atoms with Gasteiger partial charge in [0.1, 0.15) is 5.71 Å². The zero-order valence-electron chi connectivity index (χ0n) is 15.3. The van der Waals surface area contributed by atoms with Crippen molar-refractivity contribution in [2.24, 2.45) is 5.16 Å². The van der Waals surface area contributed by atoms with E-state index in [1.165, 1.54) is 4.31 Å². The van der Waals surface area contributed by atoms with E-state index in [0.717, 1.165) is 6.42 Å². The summed E-state index contributed by atoms with van der Waals surface area (Å²) < 4.78 is 26.5. The fourth-order valence-corrected chi connectivity index (χ4v) is 5.32. The maximum absolute atomic E-state index is 12.5. The Labute approximate surface area is 164 Å². The molecule has 0 saturated carbocycles. The number of carbonyl (C=O) groups is 1. The van der Waals surface area contributed by atoms with Crippen LogP contribution in [-0.2, 0) is 19.7 Å². The fraction of sp³-hybridized carbons (Fsp3) is 0.556. The van der Waals surface area contributed by atoms with Crippen LogP contribution in [0.25, 0.3) is 0 Å². The van der Waals surface area contributed by atoms with E-state index < -0.39 is 15.6 Å². The summed E-state index contributed by atoms with van der Waals surface area (Å²) >= 11 is 5.93. The lowest BCUT2D eigenvalue weighted by atomic mass is 9.89. The summed E-state index contributed by atoms with van der Waals surface area (Å²) in [6.07, 6.45) is 3.11. The second-order valence-electron chi connectivity index (χ2n) is 7.06. The summed E-state index contributed by atoms with van der Waals surface area (Å²) in [5, 5.41) is 7.23. The number of hydrogen-bond donors (Lipinski definition) is 1. The van der Waals surface area contributed by atoms with Gasteiger partial charge in [0.05, 0.1) is 12.3 Å². The molecule has 9 heteroatoms. The minimum absolute atomic E-state index is 0.141. The molecule has 1 spiro atoms. The predicted molar refractivity (Wildman–Crippen MR) is 105 cm³/mol. The number of halogens is 1. The highest BCUT2D eigenvalue weighted by Gasteiger charge is 2.46. The number of nitrogens with one attached hydrogen (secondary N) is 1. The maximum atomic E-state index is 12.5. The molecule has 0 aliphatic carbocycles. The average molecular weight is 414 g/mol. The molecule has 2 aliphatic rings. The van der Waals surface area contributed by atoms with Gasteiger partial charge in [-0.3, -0.25) is 4.79 Å². The molecule has 27 heavy (non-hydrogen) atoms. The van der Waals surface area contributed by atoms with Gasteiger partial charge in [0, 0.05) is 23.7 Å². The summed E-state index contributed by atoms with van der Waals surface area (Å²) in [5.41, 5.74) is 0.0878. The first-order valence-corrected chi connectivity index (χ1v) is 11.1. The normalized spacial score (nSPS) is 23.1. The zero-order chi connectivity index (χ0) is 19.5. The van der Waals surface area contributed by atoms with Crippen molar-refractivity contribution in [2.45, 2.75) is 44.6 Å². The third-order valence-electron chi connectivity index (χ3n) is 4.84. The SMILES string of the molecule is CCCCS(=O)(=O)N1CCC[C@@]2(CC(C(=O)Nc3cccc(Cl)c3)=NO2)C1. The van der Waals surface area contributed by atoms with Gasteiger partial charge in [-0.25, -0.2) is 8.42 Å². The van der Waals surface area contributed by atoms with E-state index >= 15 is 0 Å². The van der Waals surface area contributed by atoms with E-state index in [2.05, 4.69) is 10.5 Å². The number of rotatable bonds is 6. The van der Waals surface area contributed by atoms with Crippen LogP contribution in [0.2, 0.25) is 5.02 Å². The predicted octanol–water partition coefficient (Wildman–Crippen LogP) is 3.02. The van der Waals surface area contributed by atoms with Crippen molar-refractivity contribution in [1.29, 1.82) is 0 Å². The van der Waals surface area contributed by atoms with E-state index in [1.54, 1.807) is 24.3 Å². The number of anilines is 1. The van der Waals surface area contributed by atoms with Crippen molar-refractivity contribution in [3.8, 4) is 0 Å². The molecule has 1 N–H and O–H groups in total. The quantitative estimate of drug-likeness (QED) is 0.776. The molecule has 0 bridgehead atoms. The second kappa shape index (κ2) is 8.16. The molecule has 7 nitrogen and oxygen atoms in total. The third-order valence-corrected chi connectivity index (χ3v) is 6.98. The maximum Gasteiger partial charge on any atom is 0.273 e. The molecular weight excluding hydrogens is 390 g/mol. The smallest absolute Gasteiger partial charge is 0.273 e. The van der Waals surface area contributed by atoms with Gasteiger partial charge in [-0.2, -0.15) is 4.31 Å². The molecule has 3 rings (SSSR count). The Bertz CT molecular complexity index is 843. The highest BCUT2D eigenvalue weighted by molar-refractivity contribution is 7.89. The zero-order valence-corrected chi connectivity index (χ0v) is 16.9. The van der Waals surface area contributed by atoms with Crippen molar-refractivity contribution in [2.75, 3.05) is 24.2 Å². The number of unbranched alkanes of at least 4 members (excludes halogenated alkanes) is 1. The van der Waals surface area contributed by atoms with E-state index in [4.69, 9.17) is 16.4 Å². The van der Waals surface area contributed by atoms with Crippen LogP contribution in [-0.4, -0.2) is 48.8 Å². The van der Waals surface area contributed by atoms with Crippen LogP contribution in [0.4, 0.5) is 5.69 Å². The summed E-state index contributed by atoms with van der Waals surface area (Å²) in [6.45, 7) is 2.68. The van der Waals surface area contributed by atoms with Gasteiger partial charge < -0.3 is 10.2 Å². The summed E-state index contributed by atoms with van der Waals surface area (Å²) in [7, 11) is -3.31. The number of carbonyl (C=O) groups excluding carboxylic acids is 1. The molecule has 2 aliphatic heterocycles. The van der Waals surface area contributed by atoms with Crippen molar-refractivity contribution >= 4 is 38.9 Å². The van der Waals surface area contributed by atoms with Gasteiger partial charge in [0.2, 0.25) is 10.0 Å². The summed E-state index contributed by atoms with van der Waals surface area (Å²) in [4.78, 5) is 18.1. The molecule has 1 saturated heterocycles. The van der Waals surface area contributed by atoms with Gasteiger partial charge in [-0.1, -0.05) is 36.2 Å². The minimum Gasteiger partial charge on any atom is -0.387 e. The lowest BCUT2D eigenvalue weighted by Gasteiger charge is -2.37. The van der Waals surface area contributed by atoms with Crippen LogP contribution in [0.1, 0.15) is 39.0 Å². The Balaban J connectivity index is 1.63. The number of hydrogen-bond acceptors (Lipinski definition) is 5. The third kappa shape index (κ3) is 4.80. The van der Waals surface area contributed by atoms with E-state index in [0.29, 0.717) is 42.9 Å². The molecule has 1 amide bonds. The molecule has 1 atom stereocenters. The molecule has 0 aromatic heterocycles. The highest BCUT2D eigenvalue weighted by atomic mass is 35.5. The van der Waals surface area contributed by atoms with Gasteiger partial charge in [-0.15, -0.1) is 0 Å². The molecule has 0 unspecified atom stereocenters. The monoisotopic (exact) mass is 413 g/mol. The van der Waals surface area contributed by atoms with Gasteiger partial charge in [-0.05, 0) is 37.5 Å². The van der Waals surface area contributed by atoms with Crippen LogP contribution in [0, 0.1) is 0 Å². The Morgan fingerprint density at radius 3 is 3.00 bits per heavy atom. The number of sulfonamides is 1. The molecule has 0 radical (unpaired) electrons. The second-order valence-corrected chi connectivity index (χ2v) is 9.59. The first kappa shape index (κ1) is 20.1. The molecule has 1 aromatic rings. The van der Waals surface area contributed by atoms with Crippen LogP contribution in [0.5, 0.6) is 0 Å². The first-order valence-electron chi connectivity index (χ1n) is 9.13. The number of piperidine rings is 1. The number of nitrogens with zero attached hydrogens (tertiary/aromatic N) is 2. The van der Waals surface area contributed by atoms with E-state index in [-0.39, 0.29) is 23.9 Å². The van der Waals surface area contributed by atoms with Gasteiger partial charge in [0.25, 0.3) is 5.91 Å². The van der Waals surface area contributed by atoms with Crippen LogP contribution in [0.3, 0.4) is 0 Å². The number of benzene rings is 1. The van der Waals surface area contributed by atoms with Gasteiger partial charge in [0.15, 0.2) is 5.60 Å². The topological polar surface area (TPSA) is 88.1 Å². The van der Waals surface area contributed by atoms with Crippen molar-refractivity contribution in [3.05, 3.63) is 29.3 Å². The Kier molecular flexibility index (Phi) is 6.08. The van der Waals surface area contributed by atoms with E-state index in [9.17, 15) is 13.2 Å². The van der Waals surface area contributed by atoms with Crippen LogP contribution >= 0.6 is 11.6 Å². The first-order chi connectivity index (χ1) is 12.8. The van der Waals surface area contributed by atoms with Crippen molar-refractivity contribution in [3.63, 3.8) is 0 Å². The Morgan fingerprint density at radius 1 is 1.44 bits per heavy atom. The lowest BCUT2D eigenvalue weighted by molar-refractivity contribution is -0.110. The molecule has 2 heterocycles. The Hall–Kier alpha value is -1.64. The average Bonchev–Trinajstić information content (AvgIpc) is 3.03. The number of oxime groups is 1.